The molecule has 4 heteroatoms. The van der Waals surface area contributed by atoms with E-state index in [0.29, 0.717) is 23.1 Å². The lowest BCUT2D eigenvalue weighted by molar-refractivity contribution is -0.137. The highest BCUT2D eigenvalue weighted by Crippen LogP contribution is 2.41. The molecule has 0 N–H and O–H groups in total. The van der Waals surface area contributed by atoms with Crippen molar-refractivity contribution in [3.05, 3.63) is 82.7 Å². The van der Waals surface area contributed by atoms with Gasteiger partial charge in [-0.1, -0.05) is 75.1 Å². The maximum atomic E-state index is 15.4. The van der Waals surface area contributed by atoms with Gasteiger partial charge in [-0.25, -0.2) is 4.39 Å². The molecule has 4 rings (SSSR count). The largest absolute Gasteiger partial charge is 0.416 e. The minimum atomic E-state index is -4.40. The van der Waals surface area contributed by atoms with E-state index in [1.807, 2.05) is 6.07 Å². The van der Waals surface area contributed by atoms with E-state index in [4.69, 9.17) is 0 Å². The Kier molecular flexibility index (Phi) is 6.17. The Hall–Kier alpha value is -2.62. The second-order valence-electron chi connectivity index (χ2n) is 8.36. The topological polar surface area (TPSA) is 0 Å². The molecule has 0 fully saturated rings. The zero-order valence-corrected chi connectivity index (χ0v) is 17.7. The Morgan fingerprint density at radius 2 is 1.45 bits per heavy atom. The van der Waals surface area contributed by atoms with Crippen molar-refractivity contribution in [2.24, 2.45) is 0 Å². The molecule has 0 bridgehead atoms. The highest BCUT2D eigenvalue weighted by molar-refractivity contribution is 5.81. The zero-order chi connectivity index (χ0) is 22.0. The molecule has 0 aliphatic heterocycles. The van der Waals surface area contributed by atoms with Crippen molar-refractivity contribution in [2.75, 3.05) is 0 Å². The molecule has 162 valence electrons. The normalized spacial score (nSPS) is 12.7. The van der Waals surface area contributed by atoms with Gasteiger partial charge in [-0.05, 0) is 52.8 Å². The number of aryl methyl sites for hydroxylation is 1. The van der Waals surface area contributed by atoms with Crippen molar-refractivity contribution >= 4 is 0 Å². The summed E-state index contributed by atoms with van der Waals surface area (Å²) in [5.74, 6) is -0.338. The summed E-state index contributed by atoms with van der Waals surface area (Å²) in [4.78, 5) is 0. The number of unbranched alkanes of at least 4 members (excludes halogenated alkanes) is 4. The third kappa shape index (κ3) is 4.53. The van der Waals surface area contributed by atoms with Crippen LogP contribution in [0, 0.1) is 5.82 Å². The first-order chi connectivity index (χ1) is 14.9. The summed E-state index contributed by atoms with van der Waals surface area (Å²) in [7, 11) is 0. The van der Waals surface area contributed by atoms with Crippen LogP contribution in [0.15, 0.2) is 54.6 Å². The van der Waals surface area contributed by atoms with Crippen molar-refractivity contribution < 1.29 is 17.6 Å². The Morgan fingerprint density at radius 3 is 2.16 bits per heavy atom. The Bertz CT molecular complexity index is 1060. The Labute approximate surface area is 180 Å². The smallest absolute Gasteiger partial charge is 0.206 e. The van der Waals surface area contributed by atoms with Crippen LogP contribution in [0.4, 0.5) is 17.6 Å². The summed E-state index contributed by atoms with van der Waals surface area (Å²) in [5.41, 5.74) is 5.06. The van der Waals surface area contributed by atoms with Crippen LogP contribution in [0.5, 0.6) is 0 Å². The van der Waals surface area contributed by atoms with Crippen LogP contribution in [0.3, 0.4) is 0 Å². The molecule has 3 aromatic rings. The van der Waals surface area contributed by atoms with Crippen molar-refractivity contribution in [1.29, 1.82) is 0 Å². The van der Waals surface area contributed by atoms with Gasteiger partial charge < -0.3 is 0 Å². The minimum absolute atomic E-state index is 0.338. The number of rotatable bonds is 7. The molecular weight excluding hydrogens is 400 g/mol. The quantitative estimate of drug-likeness (QED) is 0.205. The van der Waals surface area contributed by atoms with Gasteiger partial charge in [0.15, 0.2) is 0 Å². The standard InChI is InChI=1S/C27H26F4/c1-2-3-4-5-6-7-18-8-13-22-20(16-18)17-25-24(22)15-14-23(26(25)28)19-9-11-21(12-10-19)27(29,30)31/h8-16H,2-7,17H2,1H3. The van der Waals surface area contributed by atoms with E-state index in [0.717, 1.165) is 41.7 Å². The molecule has 0 radical (unpaired) electrons. The molecule has 1 aliphatic rings. The summed E-state index contributed by atoms with van der Waals surface area (Å²) in [6.45, 7) is 2.21. The van der Waals surface area contributed by atoms with Gasteiger partial charge in [0.25, 0.3) is 0 Å². The molecule has 0 aromatic heterocycles. The van der Waals surface area contributed by atoms with Crippen molar-refractivity contribution in [3.8, 4) is 22.3 Å². The fourth-order valence-electron chi connectivity index (χ4n) is 4.44. The lowest BCUT2D eigenvalue weighted by atomic mass is 9.97. The third-order valence-corrected chi connectivity index (χ3v) is 6.16. The summed E-state index contributed by atoms with van der Waals surface area (Å²) < 4.78 is 53.8. The van der Waals surface area contributed by atoms with Crippen LogP contribution >= 0.6 is 0 Å². The van der Waals surface area contributed by atoms with E-state index in [2.05, 4.69) is 25.1 Å². The van der Waals surface area contributed by atoms with E-state index in [1.165, 1.54) is 43.4 Å². The maximum Gasteiger partial charge on any atom is 0.416 e. The molecule has 0 heterocycles. The maximum absolute atomic E-state index is 15.4. The van der Waals surface area contributed by atoms with Crippen molar-refractivity contribution in [1.82, 2.24) is 0 Å². The molecule has 0 atom stereocenters. The van der Waals surface area contributed by atoms with Gasteiger partial charge in [0.05, 0.1) is 5.56 Å². The van der Waals surface area contributed by atoms with Gasteiger partial charge in [0.1, 0.15) is 5.82 Å². The number of hydrogen-bond acceptors (Lipinski definition) is 0. The first-order valence-electron chi connectivity index (χ1n) is 11.0. The molecule has 31 heavy (non-hydrogen) atoms. The number of halogens is 4. The number of hydrogen-bond donors (Lipinski definition) is 0. The van der Waals surface area contributed by atoms with E-state index >= 15 is 4.39 Å². The molecule has 0 amide bonds. The predicted octanol–water partition coefficient (Wildman–Crippen LogP) is 8.60. The lowest BCUT2D eigenvalue weighted by Gasteiger charge is -2.11. The number of benzene rings is 3. The predicted molar refractivity (Wildman–Crippen MR) is 118 cm³/mol. The molecule has 0 saturated carbocycles. The fourth-order valence-corrected chi connectivity index (χ4v) is 4.44. The molecule has 0 nitrogen and oxygen atoms in total. The summed E-state index contributed by atoms with van der Waals surface area (Å²) >= 11 is 0. The summed E-state index contributed by atoms with van der Waals surface area (Å²) in [6, 6.07) is 14.7. The average molecular weight is 426 g/mol. The zero-order valence-electron chi connectivity index (χ0n) is 17.7. The van der Waals surface area contributed by atoms with Crippen LogP contribution in [0.2, 0.25) is 0 Å². The highest BCUT2D eigenvalue weighted by atomic mass is 19.4. The van der Waals surface area contributed by atoms with Crippen LogP contribution < -0.4 is 0 Å². The van der Waals surface area contributed by atoms with Crippen molar-refractivity contribution in [2.45, 2.75) is 58.0 Å². The molecule has 0 spiro atoms. The van der Waals surface area contributed by atoms with Gasteiger partial charge >= 0.3 is 6.18 Å². The van der Waals surface area contributed by atoms with E-state index < -0.39 is 11.7 Å². The average Bonchev–Trinajstić information content (AvgIpc) is 3.12. The fraction of sp³-hybridized carbons (Fsp3) is 0.333. The first-order valence-corrected chi connectivity index (χ1v) is 11.0. The highest BCUT2D eigenvalue weighted by Gasteiger charge is 2.30. The molecule has 3 aromatic carbocycles. The SMILES string of the molecule is CCCCCCCc1ccc2c(c1)Cc1c-2ccc(-c2ccc(C(F)(F)F)cc2)c1F. The lowest BCUT2D eigenvalue weighted by Crippen LogP contribution is -2.04. The Balaban J connectivity index is 1.54. The van der Waals surface area contributed by atoms with Gasteiger partial charge in [0, 0.05) is 17.5 Å². The van der Waals surface area contributed by atoms with Crippen LogP contribution in [0.1, 0.15) is 61.3 Å². The Morgan fingerprint density at radius 1 is 0.774 bits per heavy atom. The van der Waals surface area contributed by atoms with E-state index in [9.17, 15) is 13.2 Å². The number of alkyl halides is 3. The summed E-state index contributed by atoms with van der Waals surface area (Å²) in [6.07, 6.45) is 3.34. The molecule has 0 unspecified atom stereocenters. The second-order valence-corrected chi connectivity index (χ2v) is 8.36. The van der Waals surface area contributed by atoms with Gasteiger partial charge in [0.2, 0.25) is 0 Å². The monoisotopic (exact) mass is 426 g/mol. The van der Waals surface area contributed by atoms with Gasteiger partial charge in [-0.3, -0.25) is 0 Å². The molecule has 0 saturated heterocycles. The molecular formula is C27H26F4. The molecule has 1 aliphatic carbocycles. The third-order valence-electron chi connectivity index (χ3n) is 6.16. The van der Waals surface area contributed by atoms with E-state index in [1.54, 1.807) is 6.07 Å². The van der Waals surface area contributed by atoms with Crippen LogP contribution in [-0.2, 0) is 19.0 Å². The van der Waals surface area contributed by atoms with Gasteiger partial charge in [-0.15, -0.1) is 0 Å². The van der Waals surface area contributed by atoms with Gasteiger partial charge in [-0.2, -0.15) is 13.2 Å². The van der Waals surface area contributed by atoms with Crippen LogP contribution in [-0.4, -0.2) is 0 Å². The minimum Gasteiger partial charge on any atom is -0.206 e. The second kappa shape index (κ2) is 8.86. The number of fused-ring (bicyclic) bond motifs is 3. The van der Waals surface area contributed by atoms with E-state index in [-0.39, 0.29) is 5.82 Å². The van der Waals surface area contributed by atoms with Crippen LogP contribution in [0.25, 0.3) is 22.3 Å². The first kappa shape index (κ1) is 21.6. The van der Waals surface area contributed by atoms with Crippen molar-refractivity contribution in [3.63, 3.8) is 0 Å². The summed E-state index contributed by atoms with van der Waals surface area (Å²) in [5, 5.41) is 0.